The van der Waals surface area contributed by atoms with Crippen molar-refractivity contribution in [2.45, 2.75) is 25.5 Å². The second-order valence-electron chi connectivity index (χ2n) is 6.99. The van der Waals surface area contributed by atoms with Crippen LogP contribution in [0.2, 0.25) is 0 Å². The molecule has 8 heteroatoms. The molecule has 0 saturated carbocycles. The molecule has 0 aliphatic carbocycles. The van der Waals surface area contributed by atoms with E-state index >= 15 is 0 Å². The van der Waals surface area contributed by atoms with Crippen LogP contribution in [0.4, 0.5) is 10.5 Å². The summed E-state index contributed by atoms with van der Waals surface area (Å²) in [5.74, 6) is 0.310. The molecule has 3 rings (SSSR count). The first kappa shape index (κ1) is 20.1. The third kappa shape index (κ3) is 3.96. The highest BCUT2D eigenvalue weighted by Gasteiger charge is 2.51. The first-order valence-corrected chi connectivity index (χ1v) is 10.1. The highest BCUT2D eigenvalue weighted by Crippen LogP contribution is 2.34. The predicted octanol–water partition coefficient (Wildman–Crippen LogP) is 2.41. The van der Waals surface area contributed by atoms with E-state index in [0.29, 0.717) is 29.6 Å². The van der Waals surface area contributed by atoms with Gasteiger partial charge in [-0.15, -0.1) is 16.7 Å². The van der Waals surface area contributed by atoms with E-state index in [1.165, 1.54) is 23.4 Å². The number of para-hydroxylation sites is 2. The number of allylic oxidation sites excluding steroid dienone is 1. The number of fused-ring (bicyclic) bond motifs is 1. The quantitative estimate of drug-likeness (QED) is 0.709. The molecule has 0 fully saturated rings. The molecule has 0 bridgehead atoms. The lowest BCUT2D eigenvalue weighted by Crippen LogP contribution is -2.57. The molecule has 1 N–H and O–H groups in total. The van der Waals surface area contributed by atoms with Gasteiger partial charge in [-0.2, -0.15) is 9.37 Å². The fourth-order valence-electron chi connectivity index (χ4n) is 3.10. The summed E-state index contributed by atoms with van der Waals surface area (Å²) in [5.41, 5.74) is 0.918. The van der Waals surface area contributed by atoms with Crippen molar-refractivity contribution in [3.05, 3.63) is 35.7 Å². The molecule has 1 aromatic rings. The molecule has 7 nitrogen and oxygen atoms in total. The number of hydrogen-bond donors (Lipinski definition) is 1. The second-order valence-corrected chi connectivity index (χ2v) is 8.01. The van der Waals surface area contributed by atoms with Crippen molar-refractivity contribution in [3.63, 3.8) is 0 Å². The number of benzene rings is 1. The monoisotopic (exact) mass is 402 g/mol. The Labute approximate surface area is 168 Å². The van der Waals surface area contributed by atoms with Gasteiger partial charge in [-0.05, 0) is 36.0 Å². The van der Waals surface area contributed by atoms with E-state index in [1.807, 2.05) is 0 Å². The SMILES string of the molecule is COc1ccccc1N1C(=O)C2SC=CC2=[N+](CC(=O)NCCC(C)C)C1=O. The van der Waals surface area contributed by atoms with Crippen molar-refractivity contribution >= 4 is 41.0 Å². The van der Waals surface area contributed by atoms with Crippen LogP contribution in [0.5, 0.6) is 5.75 Å². The lowest BCUT2D eigenvalue weighted by molar-refractivity contribution is -0.415. The lowest BCUT2D eigenvalue weighted by Gasteiger charge is -2.24. The molecule has 4 amide bonds. The summed E-state index contributed by atoms with van der Waals surface area (Å²) in [6.45, 7) is 4.58. The maximum Gasteiger partial charge on any atom is 0.506 e. The smallest absolute Gasteiger partial charge is 0.492 e. The molecule has 2 heterocycles. The highest BCUT2D eigenvalue weighted by molar-refractivity contribution is 8.04. The molecule has 0 aromatic heterocycles. The number of methoxy groups -OCH3 is 1. The average Bonchev–Trinajstić information content (AvgIpc) is 3.15. The van der Waals surface area contributed by atoms with Gasteiger partial charge in [-0.1, -0.05) is 26.0 Å². The minimum Gasteiger partial charge on any atom is -0.492 e. The molecule has 28 heavy (non-hydrogen) atoms. The number of imide groups is 1. The fraction of sp³-hybridized carbons (Fsp3) is 0.400. The van der Waals surface area contributed by atoms with E-state index in [0.717, 1.165) is 11.3 Å². The Morgan fingerprint density at radius 1 is 1.32 bits per heavy atom. The van der Waals surface area contributed by atoms with Gasteiger partial charge >= 0.3 is 11.9 Å². The third-order valence-corrected chi connectivity index (χ3v) is 5.58. The summed E-state index contributed by atoms with van der Waals surface area (Å²) >= 11 is 1.33. The predicted molar refractivity (Wildman–Crippen MR) is 109 cm³/mol. The van der Waals surface area contributed by atoms with E-state index in [2.05, 4.69) is 19.2 Å². The first-order valence-electron chi connectivity index (χ1n) is 9.18. The lowest BCUT2D eigenvalue weighted by atomic mass is 10.1. The van der Waals surface area contributed by atoms with Crippen LogP contribution in [-0.4, -0.2) is 53.6 Å². The summed E-state index contributed by atoms with van der Waals surface area (Å²) in [6.07, 6.45) is 2.59. The number of anilines is 1. The Morgan fingerprint density at radius 3 is 2.79 bits per heavy atom. The highest BCUT2D eigenvalue weighted by atomic mass is 32.2. The Kier molecular flexibility index (Phi) is 6.18. The largest absolute Gasteiger partial charge is 0.506 e. The summed E-state index contributed by atoms with van der Waals surface area (Å²) in [6, 6.07) is 6.31. The van der Waals surface area contributed by atoms with Gasteiger partial charge in [0.15, 0.2) is 23.2 Å². The molecule has 2 aliphatic rings. The average molecular weight is 402 g/mol. The van der Waals surface area contributed by atoms with Gasteiger partial charge in [0.2, 0.25) is 0 Å². The maximum atomic E-state index is 13.2. The van der Waals surface area contributed by atoms with Crippen LogP contribution < -0.4 is 15.0 Å². The van der Waals surface area contributed by atoms with Gasteiger partial charge in [0, 0.05) is 6.54 Å². The minimum atomic E-state index is -0.550. The summed E-state index contributed by atoms with van der Waals surface area (Å²) in [4.78, 5) is 39.7. The van der Waals surface area contributed by atoms with Crippen LogP contribution in [-0.2, 0) is 9.59 Å². The van der Waals surface area contributed by atoms with Crippen LogP contribution in [0, 0.1) is 5.92 Å². The summed E-state index contributed by atoms with van der Waals surface area (Å²) in [7, 11) is 1.49. The standard InChI is InChI=1S/C20H23N3O4S/c1-13(2)8-10-21-17(24)12-22-15-9-11-28-18(15)19(25)23(20(22)26)14-6-4-5-7-16(14)27-3/h4-7,9,11,13,18H,8,10,12H2,1-3H3/p+1. The van der Waals surface area contributed by atoms with Crippen molar-refractivity contribution < 1.29 is 23.7 Å². The zero-order chi connectivity index (χ0) is 20.3. The summed E-state index contributed by atoms with van der Waals surface area (Å²) in [5, 5.41) is 4.07. The number of carbonyl (C=O) groups is 3. The molecule has 1 unspecified atom stereocenters. The van der Waals surface area contributed by atoms with Gasteiger partial charge in [-0.25, -0.2) is 4.79 Å². The molecule has 148 valence electrons. The maximum absolute atomic E-state index is 13.2. The number of rotatable bonds is 7. The molecule has 0 spiro atoms. The number of ether oxygens (including phenoxy) is 1. The zero-order valence-corrected chi connectivity index (χ0v) is 17.0. The number of amides is 4. The Bertz CT molecular complexity index is 863. The van der Waals surface area contributed by atoms with Gasteiger partial charge in [-0.3, -0.25) is 4.79 Å². The Hall–Kier alpha value is -2.61. The molecule has 1 aromatic carbocycles. The molecule has 2 aliphatic heterocycles. The zero-order valence-electron chi connectivity index (χ0n) is 16.2. The fourth-order valence-corrected chi connectivity index (χ4v) is 4.04. The Morgan fingerprint density at radius 2 is 2.07 bits per heavy atom. The van der Waals surface area contributed by atoms with Crippen molar-refractivity contribution in [1.29, 1.82) is 0 Å². The van der Waals surface area contributed by atoms with E-state index in [1.54, 1.807) is 35.7 Å². The van der Waals surface area contributed by atoms with Crippen LogP contribution in [0.3, 0.4) is 0 Å². The minimum absolute atomic E-state index is 0.132. The van der Waals surface area contributed by atoms with Crippen LogP contribution in [0.1, 0.15) is 20.3 Å². The van der Waals surface area contributed by atoms with Crippen molar-refractivity contribution in [2.24, 2.45) is 5.92 Å². The normalized spacial score (nSPS) is 18.7. The van der Waals surface area contributed by atoms with Crippen LogP contribution in [0.15, 0.2) is 35.7 Å². The van der Waals surface area contributed by atoms with E-state index in [4.69, 9.17) is 4.74 Å². The summed E-state index contributed by atoms with van der Waals surface area (Å²) < 4.78 is 6.70. The first-order chi connectivity index (χ1) is 13.4. The van der Waals surface area contributed by atoms with Gasteiger partial charge in [0.25, 0.3) is 5.91 Å². The van der Waals surface area contributed by atoms with Crippen molar-refractivity contribution in [1.82, 2.24) is 5.32 Å². The van der Waals surface area contributed by atoms with Gasteiger partial charge in [0.05, 0.1) is 7.11 Å². The number of hydrogen-bond acceptors (Lipinski definition) is 5. The number of thioether (sulfide) groups is 1. The van der Waals surface area contributed by atoms with Crippen molar-refractivity contribution in [3.8, 4) is 5.75 Å². The molecule has 0 radical (unpaired) electrons. The number of urea groups is 1. The van der Waals surface area contributed by atoms with Crippen molar-refractivity contribution in [2.75, 3.05) is 25.1 Å². The second kappa shape index (κ2) is 8.60. The van der Waals surface area contributed by atoms with E-state index < -0.39 is 11.3 Å². The third-order valence-electron chi connectivity index (χ3n) is 4.57. The molecular formula is C20H24N3O4S+. The van der Waals surface area contributed by atoms with Crippen LogP contribution >= 0.6 is 11.8 Å². The Balaban J connectivity index is 1.89. The molecule has 0 saturated heterocycles. The van der Waals surface area contributed by atoms with Crippen LogP contribution in [0.25, 0.3) is 0 Å². The number of nitrogens with zero attached hydrogens (tertiary/aromatic N) is 2. The molecule has 1 atom stereocenters. The van der Waals surface area contributed by atoms with Gasteiger partial charge < -0.3 is 10.1 Å². The van der Waals surface area contributed by atoms with E-state index in [9.17, 15) is 14.4 Å². The van der Waals surface area contributed by atoms with Gasteiger partial charge in [0.1, 0.15) is 5.71 Å². The number of nitrogens with one attached hydrogen (secondary N) is 1. The topological polar surface area (TPSA) is 78.7 Å². The number of carbonyl (C=O) groups excluding carboxylic acids is 3. The molecular weight excluding hydrogens is 378 g/mol. The van der Waals surface area contributed by atoms with E-state index in [-0.39, 0.29) is 18.4 Å².